The molecular formula is C10H21N3. The number of hydrogen-bond acceptors (Lipinski definition) is 3. The minimum atomic E-state index is 0.659. The van der Waals surface area contributed by atoms with Gasteiger partial charge in [-0.1, -0.05) is 0 Å². The normalized spacial score (nSPS) is 33.5. The maximum atomic E-state index is 3.59. The van der Waals surface area contributed by atoms with Crippen LogP contribution in [-0.2, 0) is 0 Å². The van der Waals surface area contributed by atoms with Crippen LogP contribution in [0.15, 0.2) is 0 Å². The molecule has 0 aromatic carbocycles. The molecule has 0 saturated carbocycles. The molecule has 3 heteroatoms. The molecular weight excluding hydrogens is 162 g/mol. The number of rotatable bonds is 2. The lowest BCUT2D eigenvalue weighted by molar-refractivity contribution is 0.193. The Morgan fingerprint density at radius 1 is 1.23 bits per heavy atom. The second-order valence-corrected chi connectivity index (χ2v) is 4.25. The first-order valence-electron chi connectivity index (χ1n) is 5.56. The Balaban J connectivity index is 1.83. The van der Waals surface area contributed by atoms with Gasteiger partial charge >= 0.3 is 0 Å². The van der Waals surface area contributed by atoms with E-state index in [-0.39, 0.29) is 0 Å². The summed E-state index contributed by atoms with van der Waals surface area (Å²) in [7, 11) is 0. The van der Waals surface area contributed by atoms with E-state index < -0.39 is 0 Å². The molecule has 0 aliphatic carbocycles. The van der Waals surface area contributed by atoms with Crippen LogP contribution in [0.5, 0.6) is 0 Å². The van der Waals surface area contributed by atoms with E-state index in [4.69, 9.17) is 0 Å². The lowest BCUT2D eigenvalue weighted by Gasteiger charge is -2.35. The summed E-state index contributed by atoms with van der Waals surface area (Å²) in [6, 6.07) is 1.36. The molecule has 2 heterocycles. The first kappa shape index (κ1) is 9.44. The van der Waals surface area contributed by atoms with Gasteiger partial charge in [-0.2, -0.15) is 0 Å². The molecule has 0 bridgehead atoms. The van der Waals surface area contributed by atoms with Crippen molar-refractivity contribution >= 4 is 0 Å². The Morgan fingerprint density at radius 3 is 2.62 bits per heavy atom. The molecule has 2 saturated heterocycles. The third kappa shape index (κ3) is 2.22. The van der Waals surface area contributed by atoms with Crippen LogP contribution in [0.2, 0.25) is 0 Å². The van der Waals surface area contributed by atoms with E-state index in [0.717, 1.165) is 19.6 Å². The Labute approximate surface area is 80.9 Å². The highest BCUT2D eigenvalue weighted by Gasteiger charge is 2.26. The van der Waals surface area contributed by atoms with Crippen molar-refractivity contribution in [3.63, 3.8) is 0 Å². The van der Waals surface area contributed by atoms with Crippen molar-refractivity contribution in [3.05, 3.63) is 0 Å². The number of nitrogens with one attached hydrogen (secondary N) is 2. The Morgan fingerprint density at radius 2 is 2.00 bits per heavy atom. The smallest absolute Gasteiger partial charge is 0.0346 e. The van der Waals surface area contributed by atoms with E-state index >= 15 is 0 Å². The van der Waals surface area contributed by atoms with E-state index in [1.807, 2.05) is 0 Å². The second-order valence-electron chi connectivity index (χ2n) is 4.25. The van der Waals surface area contributed by atoms with Crippen molar-refractivity contribution in [3.8, 4) is 0 Å². The van der Waals surface area contributed by atoms with Gasteiger partial charge in [0, 0.05) is 31.7 Å². The van der Waals surface area contributed by atoms with Crippen LogP contribution in [0.25, 0.3) is 0 Å². The van der Waals surface area contributed by atoms with E-state index in [2.05, 4.69) is 22.5 Å². The molecule has 2 aliphatic rings. The highest BCUT2D eigenvalue weighted by Crippen LogP contribution is 2.14. The average Bonchev–Trinajstić information content (AvgIpc) is 2.71. The van der Waals surface area contributed by atoms with Gasteiger partial charge in [-0.05, 0) is 32.9 Å². The third-order valence-electron chi connectivity index (χ3n) is 3.37. The molecule has 76 valence electrons. The molecule has 0 spiro atoms. The number of piperazine rings is 1. The lowest BCUT2D eigenvalue weighted by Crippen LogP contribution is -2.57. The molecule has 0 aromatic heterocycles. The molecule has 3 nitrogen and oxygen atoms in total. The molecule has 2 atom stereocenters. The van der Waals surface area contributed by atoms with E-state index in [0.29, 0.717) is 12.1 Å². The van der Waals surface area contributed by atoms with Gasteiger partial charge in [-0.15, -0.1) is 0 Å². The fourth-order valence-corrected chi connectivity index (χ4v) is 2.42. The predicted molar refractivity (Wildman–Crippen MR) is 54.9 cm³/mol. The zero-order valence-corrected chi connectivity index (χ0v) is 8.55. The van der Waals surface area contributed by atoms with Gasteiger partial charge in [0.05, 0.1) is 0 Å². The summed E-state index contributed by atoms with van der Waals surface area (Å²) in [5.41, 5.74) is 0. The molecule has 0 aromatic rings. The summed E-state index contributed by atoms with van der Waals surface area (Å²) < 4.78 is 0. The second kappa shape index (κ2) is 4.40. The topological polar surface area (TPSA) is 27.3 Å². The van der Waals surface area contributed by atoms with Crippen molar-refractivity contribution in [2.75, 3.05) is 32.7 Å². The van der Waals surface area contributed by atoms with Crippen LogP contribution in [-0.4, -0.2) is 49.7 Å². The molecule has 2 fully saturated rings. The summed E-state index contributed by atoms with van der Waals surface area (Å²) in [5.74, 6) is 0. The maximum absolute atomic E-state index is 3.59. The Bertz CT molecular complexity index is 148. The summed E-state index contributed by atoms with van der Waals surface area (Å²) in [4.78, 5) is 2.62. The Hall–Kier alpha value is -0.120. The van der Waals surface area contributed by atoms with Crippen LogP contribution in [0, 0.1) is 0 Å². The van der Waals surface area contributed by atoms with Gasteiger partial charge in [0.15, 0.2) is 0 Å². The fourth-order valence-electron chi connectivity index (χ4n) is 2.42. The monoisotopic (exact) mass is 183 g/mol. The lowest BCUT2D eigenvalue weighted by atomic mass is 10.1. The van der Waals surface area contributed by atoms with E-state index in [1.165, 1.54) is 25.9 Å². The van der Waals surface area contributed by atoms with Crippen LogP contribution < -0.4 is 10.6 Å². The summed E-state index contributed by atoms with van der Waals surface area (Å²) in [5, 5.41) is 7.04. The molecule has 2 rings (SSSR count). The average molecular weight is 183 g/mol. The number of likely N-dealkylation sites (tertiary alicyclic amines) is 1. The summed E-state index contributed by atoms with van der Waals surface area (Å²) >= 11 is 0. The highest BCUT2D eigenvalue weighted by molar-refractivity contribution is 4.87. The zero-order chi connectivity index (χ0) is 9.10. The van der Waals surface area contributed by atoms with Crippen molar-refractivity contribution in [2.24, 2.45) is 0 Å². The minimum absolute atomic E-state index is 0.659. The predicted octanol–water partition coefficient (Wildman–Crippen LogP) is 0.0321. The van der Waals surface area contributed by atoms with Gasteiger partial charge in [-0.3, -0.25) is 4.90 Å². The zero-order valence-electron chi connectivity index (χ0n) is 8.55. The summed E-state index contributed by atoms with van der Waals surface area (Å²) in [6.07, 6.45) is 2.79. The van der Waals surface area contributed by atoms with Gasteiger partial charge in [0.25, 0.3) is 0 Å². The minimum Gasteiger partial charge on any atom is -0.314 e. The van der Waals surface area contributed by atoms with Crippen LogP contribution in [0.4, 0.5) is 0 Å². The highest BCUT2D eigenvalue weighted by atomic mass is 15.2. The molecule has 13 heavy (non-hydrogen) atoms. The first-order valence-corrected chi connectivity index (χ1v) is 5.56. The van der Waals surface area contributed by atoms with Gasteiger partial charge < -0.3 is 10.6 Å². The molecule has 0 radical (unpaired) electrons. The van der Waals surface area contributed by atoms with Gasteiger partial charge in [0.2, 0.25) is 0 Å². The number of nitrogens with zero attached hydrogens (tertiary/aromatic N) is 1. The van der Waals surface area contributed by atoms with Crippen LogP contribution in [0.3, 0.4) is 0 Å². The number of hydrogen-bond donors (Lipinski definition) is 2. The van der Waals surface area contributed by atoms with E-state index in [9.17, 15) is 0 Å². The SMILES string of the molecule is CC(C1CNCCN1)N1CCCC1. The van der Waals surface area contributed by atoms with Gasteiger partial charge in [0.1, 0.15) is 0 Å². The Kier molecular flexibility index (Phi) is 3.19. The fraction of sp³-hybridized carbons (Fsp3) is 1.00. The molecule has 2 aliphatic heterocycles. The molecule has 0 amide bonds. The van der Waals surface area contributed by atoms with Crippen molar-refractivity contribution < 1.29 is 0 Å². The third-order valence-corrected chi connectivity index (χ3v) is 3.37. The molecule has 2 N–H and O–H groups in total. The van der Waals surface area contributed by atoms with Crippen molar-refractivity contribution in [1.29, 1.82) is 0 Å². The first-order chi connectivity index (χ1) is 6.38. The maximum Gasteiger partial charge on any atom is 0.0346 e. The van der Waals surface area contributed by atoms with Crippen molar-refractivity contribution in [2.45, 2.75) is 31.8 Å². The van der Waals surface area contributed by atoms with Crippen molar-refractivity contribution in [1.82, 2.24) is 15.5 Å². The molecule has 2 unspecified atom stereocenters. The largest absolute Gasteiger partial charge is 0.314 e. The van der Waals surface area contributed by atoms with E-state index in [1.54, 1.807) is 0 Å². The standard InChI is InChI=1S/C10H21N3/c1-9(13-6-2-3-7-13)10-8-11-4-5-12-10/h9-12H,2-8H2,1H3. The van der Waals surface area contributed by atoms with Gasteiger partial charge in [-0.25, -0.2) is 0 Å². The van der Waals surface area contributed by atoms with Crippen LogP contribution in [0.1, 0.15) is 19.8 Å². The van der Waals surface area contributed by atoms with Crippen LogP contribution >= 0.6 is 0 Å². The summed E-state index contributed by atoms with van der Waals surface area (Å²) in [6.45, 7) is 8.36. The quantitative estimate of drug-likeness (QED) is 0.632.